The second kappa shape index (κ2) is 7.24. The van der Waals surface area contributed by atoms with Gasteiger partial charge in [-0.05, 0) is 36.8 Å². The Morgan fingerprint density at radius 3 is 2.40 bits per heavy atom. The van der Waals surface area contributed by atoms with Gasteiger partial charge in [-0.2, -0.15) is 13.2 Å². The molecule has 2 N–H and O–H groups in total. The van der Waals surface area contributed by atoms with Gasteiger partial charge in [-0.25, -0.2) is 13.1 Å². The molecule has 25 heavy (non-hydrogen) atoms. The number of rotatable bonds is 5. The van der Waals surface area contributed by atoms with E-state index in [4.69, 9.17) is 0 Å². The van der Waals surface area contributed by atoms with Crippen LogP contribution in [-0.2, 0) is 10.0 Å². The van der Waals surface area contributed by atoms with E-state index in [-0.39, 0.29) is 5.56 Å². The third-order valence-corrected chi connectivity index (χ3v) is 4.66. The van der Waals surface area contributed by atoms with Gasteiger partial charge in [0, 0.05) is 11.3 Å². The quantitative estimate of drug-likeness (QED) is 0.847. The number of aryl methyl sites for hydroxylation is 1. The third-order valence-electron chi connectivity index (χ3n) is 3.26. The summed E-state index contributed by atoms with van der Waals surface area (Å²) in [7, 11) is -4.38. The molecule has 0 aliphatic rings. The number of carbonyl (C=O) groups is 1. The average molecular weight is 372 g/mol. The predicted molar refractivity (Wildman–Crippen MR) is 86.8 cm³/mol. The van der Waals surface area contributed by atoms with Crippen molar-refractivity contribution in [2.24, 2.45) is 0 Å². The topological polar surface area (TPSA) is 75.3 Å². The molecule has 0 saturated heterocycles. The Kier molecular flexibility index (Phi) is 5.48. The normalized spacial score (nSPS) is 12.0. The van der Waals surface area contributed by atoms with Crippen LogP contribution in [0, 0.1) is 6.92 Å². The van der Waals surface area contributed by atoms with Gasteiger partial charge in [0.25, 0.3) is 5.91 Å². The van der Waals surface area contributed by atoms with Crippen LogP contribution >= 0.6 is 0 Å². The number of benzene rings is 2. The van der Waals surface area contributed by atoms with E-state index in [0.29, 0.717) is 5.69 Å². The van der Waals surface area contributed by atoms with Gasteiger partial charge in [0.15, 0.2) is 0 Å². The van der Waals surface area contributed by atoms with Crippen molar-refractivity contribution in [3.63, 3.8) is 0 Å². The largest absolute Gasteiger partial charge is 0.402 e. The first kappa shape index (κ1) is 18.9. The fourth-order valence-corrected chi connectivity index (χ4v) is 3.03. The summed E-state index contributed by atoms with van der Waals surface area (Å²) >= 11 is 0. The van der Waals surface area contributed by atoms with Crippen LogP contribution in [0.3, 0.4) is 0 Å². The zero-order valence-corrected chi connectivity index (χ0v) is 13.9. The Morgan fingerprint density at radius 1 is 1.08 bits per heavy atom. The molecule has 5 nitrogen and oxygen atoms in total. The Morgan fingerprint density at radius 2 is 1.76 bits per heavy atom. The third kappa shape index (κ3) is 5.30. The summed E-state index contributed by atoms with van der Waals surface area (Å²) in [4.78, 5) is 11.8. The summed E-state index contributed by atoms with van der Waals surface area (Å²) in [6.45, 7) is 0.104. The molecule has 0 aromatic heterocycles. The second-order valence-electron chi connectivity index (χ2n) is 5.24. The molecule has 2 aromatic rings. The molecule has 0 aliphatic carbocycles. The van der Waals surface area contributed by atoms with Crippen LogP contribution in [0.15, 0.2) is 53.4 Å². The minimum Gasteiger partial charge on any atom is -0.322 e. The lowest BCUT2D eigenvalue weighted by Crippen LogP contribution is -2.33. The van der Waals surface area contributed by atoms with E-state index in [1.165, 1.54) is 16.9 Å². The molecular weight excluding hydrogens is 357 g/mol. The summed E-state index contributed by atoms with van der Waals surface area (Å²) in [5, 5.41) is 2.63. The number of alkyl halides is 3. The molecule has 9 heteroatoms. The van der Waals surface area contributed by atoms with Crippen LogP contribution in [0.4, 0.5) is 18.9 Å². The Hall–Kier alpha value is -2.39. The monoisotopic (exact) mass is 372 g/mol. The molecule has 2 aromatic carbocycles. The van der Waals surface area contributed by atoms with Crippen molar-refractivity contribution in [2.45, 2.75) is 18.0 Å². The van der Waals surface area contributed by atoms with Gasteiger partial charge in [-0.3, -0.25) is 4.79 Å². The van der Waals surface area contributed by atoms with Gasteiger partial charge >= 0.3 is 6.18 Å². The number of hydrogen-bond donors (Lipinski definition) is 2. The first-order valence-corrected chi connectivity index (χ1v) is 8.60. The van der Waals surface area contributed by atoms with E-state index in [2.05, 4.69) is 5.32 Å². The van der Waals surface area contributed by atoms with Crippen LogP contribution in [-0.4, -0.2) is 27.0 Å². The predicted octanol–water partition coefficient (Wildman–Crippen LogP) is 3.09. The van der Waals surface area contributed by atoms with Gasteiger partial charge in [0.2, 0.25) is 10.0 Å². The Labute approximate surface area is 142 Å². The number of amides is 1. The second-order valence-corrected chi connectivity index (χ2v) is 7.00. The van der Waals surface area contributed by atoms with Crippen LogP contribution in [0.1, 0.15) is 15.9 Å². The summed E-state index contributed by atoms with van der Waals surface area (Å²) in [5.74, 6) is -0.567. The fraction of sp³-hybridized carbons (Fsp3) is 0.188. The molecule has 2 rings (SSSR count). The van der Waals surface area contributed by atoms with Crippen molar-refractivity contribution >= 4 is 21.6 Å². The molecule has 1 amide bonds. The highest BCUT2D eigenvalue weighted by atomic mass is 32.2. The van der Waals surface area contributed by atoms with Crippen LogP contribution < -0.4 is 10.0 Å². The number of sulfonamides is 1. The summed E-state index contributed by atoms with van der Waals surface area (Å²) < 4.78 is 61.9. The smallest absolute Gasteiger partial charge is 0.322 e. The number of para-hydroxylation sites is 1. The highest BCUT2D eigenvalue weighted by molar-refractivity contribution is 7.89. The lowest BCUT2D eigenvalue weighted by molar-refractivity contribution is -0.121. The maximum Gasteiger partial charge on any atom is 0.402 e. The van der Waals surface area contributed by atoms with Gasteiger partial charge in [-0.15, -0.1) is 0 Å². The molecule has 0 saturated carbocycles. The van der Waals surface area contributed by atoms with Gasteiger partial charge in [0.05, 0.1) is 4.90 Å². The number of nitrogens with one attached hydrogen (secondary N) is 2. The molecule has 0 spiro atoms. The maximum atomic E-state index is 12.3. The molecule has 134 valence electrons. The Balaban J connectivity index is 2.20. The summed E-state index contributed by atoms with van der Waals surface area (Å²) in [6.07, 6.45) is -4.67. The van der Waals surface area contributed by atoms with Gasteiger partial charge < -0.3 is 5.32 Å². The standard InChI is InChI=1S/C16H15F3N2O3S/c1-11-5-2-3-8-14(11)21-15(22)12-6-4-7-13(9-12)25(23,24)20-10-16(17,18)19/h2-9,20H,10H2,1H3,(H,21,22). The lowest BCUT2D eigenvalue weighted by Gasteiger charge is -2.11. The van der Waals surface area contributed by atoms with E-state index in [9.17, 15) is 26.4 Å². The lowest BCUT2D eigenvalue weighted by atomic mass is 10.1. The van der Waals surface area contributed by atoms with Gasteiger partial charge in [0.1, 0.15) is 6.54 Å². The van der Waals surface area contributed by atoms with Crippen LogP contribution in [0.5, 0.6) is 0 Å². The van der Waals surface area contributed by atoms with E-state index in [0.717, 1.165) is 17.7 Å². The van der Waals surface area contributed by atoms with Crippen molar-refractivity contribution in [1.29, 1.82) is 0 Å². The SMILES string of the molecule is Cc1ccccc1NC(=O)c1cccc(S(=O)(=O)NCC(F)(F)F)c1. The number of hydrogen-bond acceptors (Lipinski definition) is 3. The summed E-state index contributed by atoms with van der Waals surface area (Å²) in [6, 6.07) is 11.8. The van der Waals surface area contributed by atoms with E-state index < -0.39 is 33.5 Å². The zero-order valence-electron chi connectivity index (χ0n) is 13.1. The molecular formula is C16H15F3N2O3S. The highest BCUT2D eigenvalue weighted by Crippen LogP contribution is 2.18. The molecule has 0 fully saturated rings. The van der Waals surface area contributed by atoms with E-state index in [1.54, 1.807) is 31.2 Å². The first-order chi connectivity index (χ1) is 11.6. The number of halogens is 3. The molecule has 0 aliphatic heterocycles. The van der Waals surface area contributed by atoms with E-state index in [1.807, 2.05) is 0 Å². The van der Waals surface area contributed by atoms with Crippen molar-refractivity contribution in [3.8, 4) is 0 Å². The molecule has 0 atom stereocenters. The molecule has 0 unspecified atom stereocenters. The van der Waals surface area contributed by atoms with Crippen molar-refractivity contribution in [3.05, 3.63) is 59.7 Å². The average Bonchev–Trinajstić information content (AvgIpc) is 2.55. The highest BCUT2D eigenvalue weighted by Gasteiger charge is 2.30. The minimum absolute atomic E-state index is 0.0122. The summed E-state index contributed by atoms with van der Waals surface area (Å²) in [5.41, 5.74) is 1.38. The van der Waals surface area contributed by atoms with Gasteiger partial charge in [-0.1, -0.05) is 24.3 Å². The fourth-order valence-electron chi connectivity index (χ4n) is 1.97. The maximum absolute atomic E-state index is 12.3. The minimum atomic E-state index is -4.67. The Bertz CT molecular complexity index is 880. The van der Waals surface area contributed by atoms with Crippen molar-refractivity contribution < 1.29 is 26.4 Å². The molecule has 0 bridgehead atoms. The first-order valence-electron chi connectivity index (χ1n) is 7.12. The zero-order chi connectivity index (χ0) is 18.7. The number of carbonyl (C=O) groups excluding carboxylic acids is 1. The van der Waals surface area contributed by atoms with Crippen LogP contribution in [0.2, 0.25) is 0 Å². The van der Waals surface area contributed by atoms with Crippen molar-refractivity contribution in [2.75, 3.05) is 11.9 Å². The molecule has 0 heterocycles. The van der Waals surface area contributed by atoms with E-state index >= 15 is 0 Å². The van der Waals surface area contributed by atoms with Crippen LogP contribution in [0.25, 0.3) is 0 Å². The number of anilines is 1. The molecule has 0 radical (unpaired) electrons. The van der Waals surface area contributed by atoms with Crippen molar-refractivity contribution in [1.82, 2.24) is 4.72 Å².